The zero-order valence-electron chi connectivity index (χ0n) is 21.3. The van der Waals surface area contributed by atoms with Crippen LogP contribution in [0.3, 0.4) is 0 Å². The van der Waals surface area contributed by atoms with E-state index in [1.54, 1.807) is 12.1 Å². The summed E-state index contributed by atoms with van der Waals surface area (Å²) in [6.07, 6.45) is 1.43. The van der Waals surface area contributed by atoms with Crippen molar-refractivity contribution in [3.8, 4) is 0 Å². The number of para-hydroxylation sites is 1. The Balaban J connectivity index is 1.26. The molecule has 190 valence electrons. The number of benzene rings is 2. The second kappa shape index (κ2) is 9.82. The number of carbonyl (C=O) groups excluding carboxylic acids is 1. The monoisotopic (exact) mass is 506 g/mol. The highest BCUT2D eigenvalue weighted by atomic mass is 32.2. The lowest BCUT2D eigenvalue weighted by Gasteiger charge is -2.39. The van der Waals surface area contributed by atoms with E-state index in [2.05, 4.69) is 22.0 Å². The van der Waals surface area contributed by atoms with Crippen LogP contribution >= 0.6 is 0 Å². The lowest BCUT2D eigenvalue weighted by atomic mass is 9.97. The van der Waals surface area contributed by atoms with Crippen molar-refractivity contribution >= 4 is 32.5 Å². The zero-order chi connectivity index (χ0) is 25.4. The van der Waals surface area contributed by atoms with Crippen LogP contribution in [0.4, 0.5) is 5.69 Å². The van der Waals surface area contributed by atoms with Crippen molar-refractivity contribution in [2.24, 2.45) is 5.92 Å². The minimum absolute atomic E-state index is 0.0744. The third kappa shape index (κ3) is 4.72. The molecule has 1 aromatic heterocycles. The van der Waals surface area contributed by atoms with Gasteiger partial charge in [-0.05, 0) is 69.0 Å². The second-order valence-electron chi connectivity index (χ2n) is 10.1. The van der Waals surface area contributed by atoms with Crippen LogP contribution in [-0.2, 0) is 14.8 Å². The van der Waals surface area contributed by atoms with Crippen molar-refractivity contribution in [3.63, 3.8) is 0 Å². The summed E-state index contributed by atoms with van der Waals surface area (Å²) in [6.45, 7) is 9.38. The molecule has 2 saturated heterocycles. The molecule has 1 atom stereocenters. The summed E-state index contributed by atoms with van der Waals surface area (Å²) >= 11 is 0. The van der Waals surface area contributed by atoms with Gasteiger partial charge in [0.2, 0.25) is 15.9 Å². The summed E-state index contributed by atoms with van der Waals surface area (Å²) in [7, 11) is -3.62. The highest BCUT2D eigenvalue weighted by Crippen LogP contribution is 2.29. The number of piperidine rings is 1. The van der Waals surface area contributed by atoms with Gasteiger partial charge >= 0.3 is 0 Å². The number of rotatable bonds is 4. The predicted octanol–water partition coefficient (Wildman–Crippen LogP) is 3.91. The van der Waals surface area contributed by atoms with Crippen molar-refractivity contribution in [1.29, 1.82) is 0 Å². The van der Waals surface area contributed by atoms with E-state index >= 15 is 0 Å². The average Bonchev–Trinajstić information content (AvgIpc) is 2.89. The highest BCUT2D eigenvalue weighted by Gasteiger charge is 2.36. The number of hydrogen-bond acceptors (Lipinski definition) is 5. The summed E-state index contributed by atoms with van der Waals surface area (Å²) in [5.74, 6) is -0.221. The van der Waals surface area contributed by atoms with Crippen molar-refractivity contribution < 1.29 is 13.2 Å². The Hall–Kier alpha value is -2.97. The number of piperazine rings is 1. The first kappa shape index (κ1) is 24.7. The van der Waals surface area contributed by atoms with E-state index in [9.17, 15) is 13.2 Å². The summed E-state index contributed by atoms with van der Waals surface area (Å²) in [5.41, 5.74) is 5.15. The van der Waals surface area contributed by atoms with Gasteiger partial charge in [-0.3, -0.25) is 9.78 Å². The van der Waals surface area contributed by atoms with Crippen molar-refractivity contribution in [3.05, 3.63) is 65.4 Å². The molecule has 0 aliphatic carbocycles. The summed E-state index contributed by atoms with van der Waals surface area (Å²) < 4.78 is 28.1. The summed E-state index contributed by atoms with van der Waals surface area (Å²) in [6, 6.07) is 15.5. The topological polar surface area (TPSA) is 73.8 Å². The van der Waals surface area contributed by atoms with E-state index in [4.69, 9.17) is 0 Å². The number of anilines is 1. The zero-order valence-corrected chi connectivity index (χ0v) is 22.1. The van der Waals surface area contributed by atoms with E-state index in [0.29, 0.717) is 31.0 Å². The van der Waals surface area contributed by atoms with E-state index in [-0.39, 0.29) is 18.4 Å². The van der Waals surface area contributed by atoms with E-state index < -0.39 is 10.0 Å². The number of fused-ring (bicyclic) bond motifs is 1. The molecule has 2 fully saturated rings. The van der Waals surface area contributed by atoms with Crippen LogP contribution in [0.2, 0.25) is 0 Å². The molecular weight excluding hydrogens is 472 g/mol. The van der Waals surface area contributed by atoms with E-state index in [1.807, 2.05) is 49.9 Å². The Bertz CT molecular complexity index is 1400. The van der Waals surface area contributed by atoms with Crippen LogP contribution in [0.25, 0.3) is 10.9 Å². The molecule has 2 aromatic carbocycles. The number of pyridine rings is 1. The van der Waals surface area contributed by atoms with Crippen molar-refractivity contribution in [2.45, 2.75) is 38.5 Å². The average molecular weight is 507 g/mol. The maximum Gasteiger partial charge on any atom is 0.243 e. The van der Waals surface area contributed by atoms with Crippen LogP contribution < -0.4 is 4.90 Å². The third-order valence-corrected chi connectivity index (χ3v) is 9.47. The Morgan fingerprint density at radius 3 is 2.42 bits per heavy atom. The predicted molar refractivity (Wildman–Crippen MR) is 143 cm³/mol. The third-order valence-electron chi connectivity index (χ3n) is 7.60. The first-order chi connectivity index (χ1) is 17.2. The quantitative estimate of drug-likeness (QED) is 0.537. The molecular formula is C28H34N4O3S. The molecule has 2 aliphatic heterocycles. The molecule has 0 N–H and O–H groups in total. The number of hydrogen-bond donors (Lipinski definition) is 0. The standard InChI is InChI=1S/C28H34N4O3S/c1-20-10-11-24(17-21(20)2)36(34,35)32-12-6-7-23(19-32)28(33)31-15-13-30(14-16-31)27-18-22(3)29-26-9-5-4-8-25(26)27/h4-5,8-11,17-18,23H,6-7,12-16,19H2,1-3H3. The van der Waals surface area contributed by atoms with Gasteiger partial charge in [-0.2, -0.15) is 4.31 Å². The number of sulfonamides is 1. The Morgan fingerprint density at radius 2 is 1.67 bits per heavy atom. The van der Waals surface area contributed by atoms with Crippen molar-refractivity contribution in [1.82, 2.24) is 14.2 Å². The Morgan fingerprint density at radius 1 is 0.917 bits per heavy atom. The van der Waals surface area contributed by atoms with Crippen LogP contribution in [0, 0.1) is 26.7 Å². The van der Waals surface area contributed by atoms with Crippen molar-refractivity contribution in [2.75, 3.05) is 44.2 Å². The van der Waals surface area contributed by atoms with Gasteiger partial charge in [0.1, 0.15) is 0 Å². The Kier molecular flexibility index (Phi) is 6.74. The molecule has 8 heteroatoms. The molecule has 0 radical (unpaired) electrons. The normalized spacial score (nSPS) is 19.6. The van der Waals surface area contributed by atoms with Gasteiger partial charge < -0.3 is 9.80 Å². The molecule has 3 aromatic rings. The smallest absolute Gasteiger partial charge is 0.243 e. The maximum atomic E-state index is 13.4. The van der Waals surface area contributed by atoms with Gasteiger partial charge in [-0.25, -0.2) is 8.42 Å². The lowest BCUT2D eigenvalue weighted by Crippen LogP contribution is -2.53. The lowest BCUT2D eigenvalue weighted by molar-refractivity contribution is -0.137. The minimum Gasteiger partial charge on any atom is -0.367 e. The molecule has 5 rings (SSSR count). The maximum absolute atomic E-state index is 13.4. The summed E-state index contributed by atoms with van der Waals surface area (Å²) in [4.78, 5) is 22.7. The molecule has 0 bridgehead atoms. The van der Waals surface area contributed by atoms with Gasteiger partial charge in [-0.1, -0.05) is 24.3 Å². The number of amides is 1. The Labute approximate surface area is 213 Å². The van der Waals surface area contributed by atoms with Crippen LogP contribution in [0.15, 0.2) is 53.4 Å². The number of carbonyl (C=O) groups is 1. The number of nitrogens with zero attached hydrogens (tertiary/aromatic N) is 4. The summed E-state index contributed by atoms with van der Waals surface area (Å²) in [5, 5.41) is 1.13. The first-order valence-electron chi connectivity index (χ1n) is 12.7. The second-order valence-corrected chi connectivity index (χ2v) is 12.0. The van der Waals surface area contributed by atoms with Gasteiger partial charge in [0.15, 0.2) is 0 Å². The van der Waals surface area contributed by atoms with Crippen LogP contribution in [-0.4, -0.2) is 67.8 Å². The molecule has 3 heterocycles. The molecule has 1 unspecified atom stereocenters. The minimum atomic E-state index is -3.62. The van der Waals surface area contributed by atoms with Crippen LogP contribution in [0.1, 0.15) is 29.7 Å². The largest absolute Gasteiger partial charge is 0.367 e. The van der Waals surface area contributed by atoms with E-state index in [1.165, 1.54) is 4.31 Å². The van der Waals surface area contributed by atoms with Crippen LogP contribution in [0.5, 0.6) is 0 Å². The molecule has 36 heavy (non-hydrogen) atoms. The molecule has 0 spiro atoms. The van der Waals surface area contributed by atoms with Gasteiger partial charge in [0, 0.05) is 56.0 Å². The first-order valence-corrected chi connectivity index (χ1v) is 14.2. The fourth-order valence-corrected chi connectivity index (χ4v) is 6.97. The fraction of sp³-hybridized carbons (Fsp3) is 0.429. The highest BCUT2D eigenvalue weighted by molar-refractivity contribution is 7.89. The number of aromatic nitrogens is 1. The fourth-order valence-electron chi connectivity index (χ4n) is 5.36. The number of aryl methyl sites for hydroxylation is 3. The molecule has 1 amide bonds. The van der Waals surface area contributed by atoms with E-state index in [0.717, 1.165) is 52.9 Å². The van der Waals surface area contributed by atoms with Gasteiger partial charge in [-0.15, -0.1) is 0 Å². The molecule has 2 aliphatic rings. The molecule has 0 saturated carbocycles. The SMILES string of the molecule is Cc1cc(N2CCN(C(=O)C3CCCN(S(=O)(=O)c4ccc(C)c(C)c4)C3)CC2)c2ccccc2n1. The van der Waals surface area contributed by atoms with Gasteiger partial charge in [0.25, 0.3) is 0 Å². The molecule has 7 nitrogen and oxygen atoms in total. The van der Waals surface area contributed by atoms with Gasteiger partial charge in [0.05, 0.1) is 16.3 Å².